The molecule has 0 N–H and O–H groups in total. The number of fused-ring (bicyclic) bond motifs is 1. The quantitative estimate of drug-likeness (QED) is 0.565. The minimum Gasteiger partial charge on any atom is -0.300 e. The van der Waals surface area contributed by atoms with E-state index in [0.29, 0.717) is 18.1 Å². The number of alkyl halides is 1. The standard InChI is InChI=1S/C15H23IO2/c1-9(7-10(2)17)15(4)12-5-6-14(12,3)11(8-16)13(15)18/h9,11-12H,5-8H2,1-4H3/t9-,11+,12?,14-,15-/m1/s1. The number of ketones is 2. The SMILES string of the molecule is CC(=O)C[C@@H](C)[C@@]1(C)C(=O)[C@H](CI)[C@@]2(C)CCC21. The first-order chi connectivity index (χ1) is 8.28. The Morgan fingerprint density at radius 3 is 2.44 bits per heavy atom. The van der Waals surface area contributed by atoms with E-state index in [1.165, 1.54) is 6.42 Å². The minimum atomic E-state index is -0.269. The zero-order chi connectivity index (χ0) is 13.7. The van der Waals surface area contributed by atoms with E-state index in [0.717, 1.165) is 10.8 Å². The zero-order valence-corrected chi connectivity index (χ0v) is 13.9. The van der Waals surface area contributed by atoms with Gasteiger partial charge in [-0.3, -0.25) is 4.79 Å². The van der Waals surface area contributed by atoms with E-state index in [1.54, 1.807) is 6.92 Å². The van der Waals surface area contributed by atoms with Crippen LogP contribution in [0.5, 0.6) is 0 Å². The predicted molar refractivity (Wildman–Crippen MR) is 80.8 cm³/mol. The molecule has 2 rings (SSSR count). The van der Waals surface area contributed by atoms with Crippen molar-refractivity contribution in [3.05, 3.63) is 0 Å². The van der Waals surface area contributed by atoms with Crippen LogP contribution in [0.25, 0.3) is 0 Å². The highest BCUT2D eigenvalue weighted by molar-refractivity contribution is 14.1. The summed E-state index contributed by atoms with van der Waals surface area (Å²) in [5.41, 5.74) is -0.0629. The molecular formula is C15H23IO2. The van der Waals surface area contributed by atoms with Gasteiger partial charge in [0.25, 0.3) is 0 Å². The second kappa shape index (κ2) is 4.57. The molecule has 0 heterocycles. The molecule has 18 heavy (non-hydrogen) atoms. The smallest absolute Gasteiger partial charge is 0.143 e. The van der Waals surface area contributed by atoms with Gasteiger partial charge < -0.3 is 4.79 Å². The molecule has 0 saturated heterocycles. The number of Topliss-reactive ketones (excluding diaryl/α,β-unsaturated/α-hetero) is 2. The van der Waals surface area contributed by atoms with Crippen LogP contribution in [0, 0.1) is 28.6 Å². The van der Waals surface area contributed by atoms with Gasteiger partial charge in [-0.15, -0.1) is 0 Å². The van der Waals surface area contributed by atoms with Gasteiger partial charge in [-0.25, -0.2) is 0 Å². The average molecular weight is 362 g/mol. The molecule has 2 aliphatic rings. The van der Waals surface area contributed by atoms with Crippen LogP contribution >= 0.6 is 22.6 Å². The molecule has 0 spiro atoms. The summed E-state index contributed by atoms with van der Waals surface area (Å²) in [6.45, 7) is 8.13. The zero-order valence-electron chi connectivity index (χ0n) is 11.8. The first-order valence-corrected chi connectivity index (χ1v) is 8.40. The summed E-state index contributed by atoms with van der Waals surface area (Å²) in [5, 5.41) is 0. The van der Waals surface area contributed by atoms with Crippen LogP contribution in [0.2, 0.25) is 0 Å². The van der Waals surface area contributed by atoms with Crippen molar-refractivity contribution < 1.29 is 9.59 Å². The second-order valence-electron chi connectivity index (χ2n) is 6.76. The molecule has 1 unspecified atom stereocenters. The van der Waals surface area contributed by atoms with Gasteiger partial charge in [-0.2, -0.15) is 0 Å². The molecule has 0 aliphatic heterocycles. The Kier molecular flexibility index (Phi) is 3.67. The lowest BCUT2D eigenvalue weighted by Gasteiger charge is -2.50. The van der Waals surface area contributed by atoms with Crippen molar-refractivity contribution in [3.8, 4) is 0 Å². The molecule has 0 aromatic rings. The number of rotatable bonds is 4. The van der Waals surface area contributed by atoms with Gasteiger partial charge in [0.1, 0.15) is 11.6 Å². The molecule has 0 aromatic carbocycles. The molecule has 5 atom stereocenters. The third kappa shape index (κ3) is 1.72. The first-order valence-electron chi connectivity index (χ1n) is 6.88. The van der Waals surface area contributed by atoms with Crippen LogP contribution in [0.4, 0.5) is 0 Å². The topological polar surface area (TPSA) is 34.1 Å². The number of carbonyl (C=O) groups excluding carboxylic acids is 2. The molecule has 3 heteroatoms. The van der Waals surface area contributed by atoms with Crippen molar-refractivity contribution in [2.75, 3.05) is 4.43 Å². The van der Waals surface area contributed by atoms with E-state index in [-0.39, 0.29) is 28.4 Å². The molecular weight excluding hydrogens is 339 g/mol. The summed E-state index contributed by atoms with van der Waals surface area (Å²) >= 11 is 2.35. The van der Waals surface area contributed by atoms with Gasteiger partial charge in [0.05, 0.1) is 0 Å². The van der Waals surface area contributed by atoms with E-state index < -0.39 is 0 Å². The van der Waals surface area contributed by atoms with Crippen molar-refractivity contribution in [1.29, 1.82) is 0 Å². The molecule has 0 amide bonds. The van der Waals surface area contributed by atoms with Crippen LogP contribution in [-0.2, 0) is 9.59 Å². The van der Waals surface area contributed by atoms with Crippen molar-refractivity contribution in [2.24, 2.45) is 28.6 Å². The summed E-state index contributed by atoms with van der Waals surface area (Å²) in [5.74, 6) is 1.51. The maximum atomic E-state index is 12.8. The molecule has 2 nitrogen and oxygen atoms in total. The maximum absolute atomic E-state index is 12.8. The van der Waals surface area contributed by atoms with Crippen LogP contribution in [0.3, 0.4) is 0 Å². The molecule has 2 aliphatic carbocycles. The fourth-order valence-corrected chi connectivity index (χ4v) is 5.87. The van der Waals surface area contributed by atoms with E-state index >= 15 is 0 Å². The van der Waals surface area contributed by atoms with E-state index in [4.69, 9.17) is 0 Å². The van der Waals surface area contributed by atoms with Gasteiger partial charge >= 0.3 is 0 Å². The Labute approximate surface area is 123 Å². The van der Waals surface area contributed by atoms with Gasteiger partial charge in [-0.05, 0) is 37.0 Å². The number of hydrogen-bond acceptors (Lipinski definition) is 2. The largest absolute Gasteiger partial charge is 0.300 e. The Morgan fingerprint density at radius 1 is 1.50 bits per heavy atom. The summed E-state index contributed by atoms with van der Waals surface area (Å²) in [4.78, 5) is 24.2. The first kappa shape index (κ1) is 14.5. The average Bonchev–Trinajstić information content (AvgIpc) is 2.36. The van der Waals surface area contributed by atoms with Crippen LogP contribution in [0.1, 0.15) is 47.0 Å². The lowest BCUT2D eigenvalue weighted by Crippen LogP contribution is -2.45. The summed E-state index contributed by atoms with van der Waals surface area (Å²) < 4.78 is 0.923. The fourth-order valence-electron chi connectivity index (χ4n) is 4.47. The predicted octanol–water partition coefficient (Wildman–Crippen LogP) is 3.66. The summed E-state index contributed by atoms with van der Waals surface area (Å²) in [6, 6.07) is 0. The highest BCUT2D eigenvalue weighted by Crippen LogP contribution is 2.68. The fraction of sp³-hybridized carbons (Fsp3) is 0.867. The van der Waals surface area contributed by atoms with Gasteiger partial charge in [-0.1, -0.05) is 43.4 Å². The minimum absolute atomic E-state index is 0.181. The number of halogens is 1. The third-order valence-corrected chi connectivity index (χ3v) is 6.79. The number of hydrogen-bond donors (Lipinski definition) is 0. The van der Waals surface area contributed by atoms with Crippen LogP contribution in [-0.4, -0.2) is 16.0 Å². The van der Waals surface area contributed by atoms with Crippen molar-refractivity contribution in [3.63, 3.8) is 0 Å². The van der Waals surface area contributed by atoms with Gasteiger partial charge in [0, 0.05) is 22.2 Å². The molecule has 0 radical (unpaired) electrons. The van der Waals surface area contributed by atoms with Crippen molar-refractivity contribution in [2.45, 2.75) is 47.0 Å². The molecule has 2 saturated carbocycles. The van der Waals surface area contributed by atoms with E-state index in [1.807, 2.05) is 0 Å². The van der Waals surface area contributed by atoms with Crippen LogP contribution < -0.4 is 0 Å². The van der Waals surface area contributed by atoms with Crippen molar-refractivity contribution >= 4 is 34.2 Å². The van der Waals surface area contributed by atoms with Gasteiger partial charge in [0.15, 0.2) is 0 Å². The Balaban J connectivity index is 2.33. The lowest BCUT2D eigenvalue weighted by atomic mass is 9.53. The van der Waals surface area contributed by atoms with E-state index in [9.17, 15) is 9.59 Å². The summed E-state index contributed by atoms with van der Waals surface area (Å²) in [7, 11) is 0. The molecule has 2 fully saturated rings. The molecule has 0 aromatic heterocycles. The van der Waals surface area contributed by atoms with Gasteiger partial charge in [0.2, 0.25) is 0 Å². The molecule has 0 bridgehead atoms. The monoisotopic (exact) mass is 362 g/mol. The Bertz CT molecular complexity index is 392. The maximum Gasteiger partial charge on any atom is 0.143 e. The second-order valence-corrected chi connectivity index (χ2v) is 7.64. The molecule has 102 valence electrons. The lowest BCUT2D eigenvalue weighted by molar-refractivity contribution is -0.132. The van der Waals surface area contributed by atoms with E-state index in [2.05, 4.69) is 43.4 Å². The highest BCUT2D eigenvalue weighted by atomic mass is 127. The third-order valence-electron chi connectivity index (χ3n) is 5.91. The highest BCUT2D eigenvalue weighted by Gasteiger charge is 2.68. The number of carbonyl (C=O) groups is 2. The van der Waals surface area contributed by atoms with Crippen LogP contribution in [0.15, 0.2) is 0 Å². The normalized spacial score (nSPS) is 44.4. The van der Waals surface area contributed by atoms with Crippen molar-refractivity contribution in [1.82, 2.24) is 0 Å². The Morgan fingerprint density at radius 2 is 2.11 bits per heavy atom. The summed E-state index contributed by atoms with van der Waals surface area (Å²) in [6.07, 6.45) is 2.89. The Hall–Kier alpha value is 0.0700.